The minimum absolute atomic E-state index is 0.105. The molecule has 1 aliphatic heterocycles. The van der Waals surface area contributed by atoms with Crippen LogP contribution in [0, 0.1) is 6.92 Å². The van der Waals surface area contributed by atoms with Crippen molar-refractivity contribution in [1.82, 2.24) is 9.80 Å². The summed E-state index contributed by atoms with van der Waals surface area (Å²) in [6.07, 6.45) is 2.05. The number of hydrogen-bond donors (Lipinski definition) is 1. The van der Waals surface area contributed by atoms with E-state index in [1.54, 1.807) is 18.1 Å². The summed E-state index contributed by atoms with van der Waals surface area (Å²) in [6.45, 7) is 3.68. The van der Waals surface area contributed by atoms with Crippen molar-refractivity contribution >= 4 is 16.9 Å². The lowest BCUT2D eigenvalue weighted by molar-refractivity contribution is 0.00297. The van der Waals surface area contributed by atoms with Crippen molar-refractivity contribution in [2.24, 2.45) is 0 Å². The second kappa shape index (κ2) is 7.29. The Morgan fingerprint density at radius 1 is 1.35 bits per heavy atom. The molecule has 0 radical (unpaired) electrons. The van der Waals surface area contributed by atoms with Crippen LogP contribution < -0.4 is 4.74 Å². The van der Waals surface area contributed by atoms with Crippen LogP contribution in [0.1, 0.15) is 35.4 Å². The number of carbonyl (C=O) groups is 1. The molecule has 1 atom stereocenters. The van der Waals surface area contributed by atoms with Gasteiger partial charge in [-0.2, -0.15) is 0 Å². The van der Waals surface area contributed by atoms with E-state index in [9.17, 15) is 9.90 Å². The molecular weight excluding hydrogens is 332 g/mol. The molecule has 1 aromatic heterocycles. The minimum atomic E-state index is -0.741. The van der Waals surface area contributed by atoms with Gasteiger partial charge in [0.25, 0.3) is 5.91 Å². The molecule has 1 aliphatic rings. The van der Waals surface area contributed by atoms with Gasteiger partial charge in [-0.3, -0.25) is 4.79 Å². The average Bonchev–Trinajstić information content (AvgIpc) is 2.79. The van der Waals surface area contributed by atoms with Crippen LogP contribution in [0.15, 0.2) is 22.6 Å². The van der Waals surface area contributed by atoms with E-state index in [2.05, 4.69) is 0 Å². The average molecular weight is 360 g/mol. The first-order valence-corrected chi connectivity index (χ1v) is 9.06. The van der Waals surface area contributed by atoms with E-state index in [0.29, 0.717) is 49.6 Å². The number of methoxy groups -OCH3 is 1. The lowest BCUT2D eigenvalue weighted by atomic mass is 9.94. The van der Waals surface area contributed by atoms with Crippen LogP contribution in [-0.4, -0.2) is 67.3 Å². The normalized spacial score (nSPS) is 21.2. The van der Waals surface area contributed by atoms with Gasteiger partial charge >= 0.3 is 0 Å². The summed E-state index contributed by atoms with van der Waals surface area (Å²) in [4.78, 5) is 16.8. The fourth-order valence-corrected chi connectivity index (χ4v) is 3.81. The monoisotopic (exact) mass is 360 g/mol. The molecule has 1 aromatic carbocycles. The molecule has 6 nitrogen and oxygen atoms in total. The number of aryl methyl sites for hydroxylation is 1. The standard InChI is InChI=1S/C20H28N2O4/c1-14-16-7-6-15(25-4)12-17(16)26-18(14)19(23)22-10-5-8-20(24,9-11-22)13-21(2)3/h6-7,12,24H,5,8-11,13H2,1-4H3. The van der Waals surface area contributed by atoms with Crippen molar-refractivity contribution in [3.05, 3.63) is 29.5 Å². The lowest BCUT2D eigenvalue weighted by Gasteiger charge is -2.29. The highest BCUT2D eigenvalue weighted by Gasteiger charge is 2.33. The van der Waals surface area contributed by atoms with Crippen LogP contribution in [0.5, 0.6) is 5.75 Å². The number of carbonyl (C=O) groups excluding carboxylic acids is 1. The molecule has 6 heteroatoms. The zero-order valence-corrected chi connectivity index (χ0v) is 16.0. The zero-order chi connectivity index (χ0) is 18.9. The van der Waals surface area contributed by atoms with Gasteiger partial charge in [0, 0.05) is 36.7 Å². The van der Waals surface area contributed by atoms with Gasteiger partial charge in [0.1, 0.15) is 11.3 Å². The summed E-state index contributed by atoms with van der Waals surface area (Å²) in [5, 5.41) is 11.7. The SMILES string of the molecule is COc1ccc2c(C)c(C(=O)N3CCCC(O)(CN(C)C)CC3)oc2c1. The van der Waals surface area contributed by atoms with Crippen LogP contribution in [0.4, 0.5) is 0 Å². The van der Waals surface area contributed by atoms with Crippen molar-refractivity contribution < 1.29 is 19.1 Å². The summed E-state index contributed by atoms with van der Waals surface area (Å²) < 4.78 is 11.1. The van der Waals surface area contributed by atoms with Crippen molar-refractivity contribution in [2.75, 3.05) is 40.8 Å². The summed E-state index contributed by atoms with van der Waals surface area (Å²) in [6, 6.07) is 5.59. The summed E-state index contributed by atoms with van der Waals surface area (Å²) >= 11 is 0. The fraction of sp³-hybridized carbons (Fsp3) is 0.550. The largest absolute Gasteiger partial charge is 0.497 e. The van der Waals surface area contributed by atoms with Gasteiger partial charge in [0.2, 0.25) is 0 Å². The van der Waals surface area contributed by atoms with Gasteiger partial charge < -0.3 is 24.1 Å². The third-order valence-electron chi connectivity index (χ3n) is 5.15. The first-order chi connectivity index (χ1) is 12.3. The van der Waals surface area contributed by atoms with E-state index in [1.807, 2.05) is 38.1 Å². The zero-order valence-electron chi connectivity index (χ0n) is 16.0. The Kier molecular flexibility index (Phi) is 5.25. The highest BCUT2D eigenvalue weighted by molar-refractivity contribution is 5.99. The van der Waals surface area contributed by atoms with Gasteiger partial charge in [-0.15, -0.1) is 0 Å². The Balaban J connectivity index is 1.81. The van der Waals surface area contributed by atoms with Gasteiger partial charge in [-0.05, 0) is 52.4 Å². The van der Waals surface area contributed by atoms with Crippen LogP contribution in [0.2, 0.25) is 0 Å². The Bertz CT molecular complexity index is 798. The molecule has 1 amide bonds. The van der Waals surface area contributed by atoms with Gasteiger partial charge in [0.15, 0.2) is 5.76 Å². The molecule has 1 saturated heterocycles. The number of ether oxygens (including phenoxy) is 1. The summed E-state index contributed by atoms with van der Waals surface area (Å²) in [5.41, 5.74) is 0.763. The van der Waals surface area contributed by atoms with E-state index in [-0.39, 0.29) is 5.91 Å². The van der Waals surface area contributed by atoms with Gasteiger partial charge in [0.05, 0.1) is 12.7 Å². The molecule has 1 fully saturated rings. The molecule has 2 aromatic rings. The van der Waals surface area contributed by atoms with Crippen molar-refractivity contribution in [2.45, 2.75) is 31.8 Å². The second-order valence-electron chi connectivity index (χ2n) is 7.53. The number of amides is 1. The molecule has 26 heavy (non-hydrogen) atoms. The fourth-order valence-electron chi connectivity index (χ4n) is 3.81. The second-order valence-corrected chi connectivity index (χ2v) is 7.53. The van der Waals surface area contributed by atoms with E-state index < -0.39 is 5.60 Å². The molecule has 0 spiro atoms. The molecule has 3 rings (SSSR count). The number of likely N-dealkylation sites (N-methyl/N-ethyl adjacent to an activating group) is 1. The maximum atomic E-state index is 13.0. The topological polar surface area (TPSA) is 66.2 Å². The smallest absolute Gasteiger partial charge is 0.289 e. The van der Waals surface area contributed by atoms with Crippen molar-refractivity contribution in [3.63, 3.8) is 0 Å². The number of hydrogen-bond acceptors (Lipinski definition) is 5. The minimum Gasteiger partial charge on any atom is -0.497 e. The number of rotatable bonds is 4. The van der Waals surface area contributed by atoms with Crippen LogP contribution in [0.25, 0.3) is 11.0 Å². The molecule has 0 aliphatic carbocycles. The molecule has 142 valence electrons. The Labute approximate surface area is 154 Å². The van der Waals surface area contributed by atoms with Crippen molar-refractivity contribution in [3.8, 4) is 5.75 Å². The molecule has 2 heterocycles. The first-order valence-electron chi connectivity index (χ1n) is 9.06. The molecular formula is C20H28N2O4. The number of benzene rings is 1. The molecule has 1 unspecified atom stereocenters. The van der Waals surface area contributed by atoms with Crippen LogP contribution in [0.3, 0.4) is 0 Å². The van der Waals surface area contributed by atoms with E-state index >= 15 is 0 Å². The highest BCUT2D eigenvalue weighted by Crippen LogP contribution is 2.30. The number of furan rings is 1. The summed E-state index contributed by atoms with van der Waals surface area (Å²) in [7, 11) is 5.52. The van der Waals surface area contributed by atoms with Gasteiger partial charge in [-0.25, -0.2) is 0 Å². The van der Waals surface area contributed by atoms with E-state index in [1.165, 1.54) is 0 Å². The first kappa shape index (κ1) is 18.7. The maximum Gasteiger partial charge on any atom is 0.289 e. The lowest BCUT2D eigenvalue weighted by Crippen LogP contribution is -2.41. The predicted octanol–water partition coefficient (Wildman–Crippen LogP) is 2.67. The van der Waals surface area contributed by atoms with Crippen LogP contribution >= 0.6 is 0 Å². The van der Waals surface area contributed by atoms with E-state index in [0.717, 1.165) is 17.4 Å². The Morgan fingerprint density at radius 2 is 2.12 bits per heavy atom. The molecule has 0 bridgehead atoms. The molecule has 1 N–H and O–H groups in total. The number of likely N-dealkylation sites (tertiary alicyclic amines) is 1. The van der Waals surface area contributed by atoms with Gasteiger partial charge in [-0.1, -0.05) is 0 Å². The molecule has 0 saturated carbocycles. The van der Waals surface area contributed by atoms with E-state index in [4.69, 9.17) is 9.15 Å². The Hall–Kier alpha value is -2.05. The highest BCUT2D eigenvalue weighted by atomic mass is 16.5. The van der Waals surface area contributed by atoms with Crippen LogP contribution in [-0.2, 0) is 0 Å². The predicted molar refractivity (Wildman–Crippen MR) is 101 cm³/mol. The number of nitrogens with zero attached hydrogens (tertiary/aromatic N) is 2. The summed E-state index contributed by atoms with van der Waals surface area (Å²) in [5.74, 6) is 0.979. The number of fused-ring (bicyclic) bond motifs is 1. The van der Waals surface area contributed by atoms with Crippen molar-refractivity contribution in [1.29, 1.82) is 0 Å². The number of aliphatic hydroxyl groups is 1. The quantitative estimate of drug-likeness (QED) is 0.908. The maximum absolute atomic E-state index is 13.0. The Morgan fingerprint density at radius 3 is 2.81 bits per heavy atom. The third kappa shape index (κ3) is 3.71. The third-order valence-corrected chi connectivity index (χ3v) is 5.15.